The van der Waals surface area contributed by atoms with Gasteiger partial charge in [0.15, 0.2) is 0 Å². The van der Waals surface area contributed by atoms with Crippen LogP contribution in [0.4, 0.5) is 15.2 Å². The lowest BCUT2D eigenvalue weighted by molar-refractivity contribution is -0.136. The van der Waals surface area contributed by atoms with Crippen molar-refractivity contribution < 1.29 is 33.1 Å². The van der Waals surface area contributed by atoms with Gasteiger partial charge in [-0.2, -0.15) is 5.26 Å². The van der Waals surface area contributed by atoms with Crippen LogP contribution in [0, 0.1) is 22.6 Å². The number of nitrogens with zero attached hydrogens (tertiary/aromatic N) is 7. The zero-order chi connectivity index (χ0) is 41.0. The van der Waals surface area contributed by atoms with E-state index in [4.69, 9.17) is 21.6 Å². The first-order valence-corrected chi connectivity index (χ1v) is 21.5. The maximum absolute atomic E-state index is 15.5. The van der Waals surface area contributed by atoms with E-state index in [9.17, 15) is 24.0 Å². The van der Waals surface area contributed by atoms with Crippen LogP contribution in [0.2, 0.25) is 5.02 Å². The summed E-state index contributed by atoms with van der Waals surface area (Å²) >= 11 is 7.48. The largest absolute Gasteiger partial charge is 0.490 e. The summed E-state index contributed by atoms with van der Waals surface area (Å²) in [5, 5.41) is 24.5. The van der Waals surface area contributed by atoms with Gasteiger partial charge in [0, 0.05) is 56.2 Å². The number of carbonyl (C=O) groups excluding carboxylic acids is 5. The molecule has 6 heterocycles. The fourth-order valence-corrected chi connectivity index (χ4v) is 10.6. The second kappa shape index (κ2) is 15.8. The summed E-state index contributed by atoms with van der Waals surface area (Å²) in [6.07, 6.45) is 7.11. The van der Waals surface area contributed by atoms with Gasteiger partial charge in [0.25, 0.3) is 17.7 Å². The van der Waals surface area contributed by atoms with E-state index in [0.29, 0.717) is 40.5 Å². The Bertz CT molecular complexity index is 2250. The molecular formula is C41H43ClFN9O6S. The molecule has 1 spiro atoms. The molecule has 1 unspecified atom stereocenters. The number of hydrogen-bond donors (Lipinski definition) is 2. The fraction of sp³-hybridized carbons (Fsp3) is 0.512. The molecule has 1 atom stereocenters. The van der Waals surface area contributed by atoms with Crippen LogP contribution in [0.15, 0.2) is 30.3 Å². The Balaban J connectivity index is 0.714. The Morgan fingerprint density at radius 3 is 2.32 bits per heavy atom. The molecule has 1 aromatic heterocycles. The molecule has 4 saturated heterocycles. The van der Waals surface area contributed by atoms with Crippen LogP contribution in [0.1, 0.15) is 100 Å². The van der Waals surface area contributed by atoms with Gasteiger partial charge in [0.1, 0.15) is 23.7 Å². The van der Waals surface area contributed by atoms with E-state index < -0.39 is 35.5 Å². The monoisotopic (exact) mass is 843 g/mol. The molecule has 9 rings (SSSR count). The topological polar surface area (TPSA) is 181 Å². The van der Waals surface area contributed by atoms with Gasteiger partial charge in [-0.05, 0) is 95.1 Å². The number of halogens is 2. The molecule has 2 N–H and O–H groups in total. The number of anilines is 2. The van der Waals surface area contributed by atoms with Gasteiger partial charge in [0.05, 0.1) is 33.5 Å². The molecule has 59 heavy (non-hydrogen) atoms. The number of hydrogen-bond acceptors (Lipinski definition) is 13. The van der Waals surface area contributed by atoms with E-state index in [-0.39, 0.29) is 53.1 Å². The van der Waals surface area contributed by atoms with Gasteiger partial charge >= 0.3 is 0 Å². The average molecular weight is 844 g/mol. The van der Waals surface area contributed by atoms with Crippen molar-refractivity contribution >= 4 is 63.3 Å². The SMILES string of the molecule is N#Cc1ccc(OC2CCC(NC(=O)c3nnc(N4CCC(N5CCC6(CC5)CN(c5cc7c(cc5F)C(=O)N(C5CCC(=O)NC5=O)C7=O)C6)CC4)s3)CC2)cc1Cl. The number of carbonyl (C=O) groups is 5. The van der Waals surface area contributed by atoms with Crippen LogP contribution in [0.25, 0.3) is 0 Å². The van der Waals surface area contributed by atoms with Gasteiger partial charge in [-0.15, -0.1) is 10.2 Å². The average Bonchev–Trinajstić information content (AvgIpc) is 3.81. The number of aromatic nitrogens is 2. The van der Waals surface area contributed by atoms with Crippen LogP contribution in [-0.2, 0) is 9.59 Å². The van der Waals surface area contributed by atoms with E-state index in [0.717, 1.165) is 93.6 Å². The molecule has 18 heteroatoms. The van der Waals surface area contributed by atoms with E-state index >= 15 is 4.39 Å². The zero-order valence-corrected chi connectivity index (χ0v) is 33.8. The number of nitrogens with one attached hydrogen (secondary N) is 2. The van der Waals surface area contributed by atoms with Crippen molar-refractivity contribution in [2.45, 2.75) is 88.4 Å². The summed E-state index contributed by atoms with van der Waals surface area (Å²) in [6, 6.07) is 9.05. The summed E-state index contributed by atoms with van der Waals surface area (Å²) in [5.41, 5.74) is 0.777. The molecule has 0 bridgehead atoms. The minimum atomic E-state index is -1.10. The third kappa shape index (κ3) is 7.62. The predicted molar refractivity (Wildman–Crippen MR) is 214 cm³/mol. The molecular weight excluding hydrogens is 801 g/mol. The van der Waals surface area contributed by atoms with E-state index in [1.807, 2.05) is 11.0 Å². The molecule has 5 aliphatic heterocycles. The molecule has 15 nitrogen and oxygen atoms in total. The highest BCUT2D eigenvalue weighted by Crippen LogP contribution is 2.45. The second-order valence-corrected chi connectivity index (χ2v) is 18.0. The smallest absolute Gasteiger partial charge is 0.282 e. The lowest BCUT2D eigenvalue weighted by atomic mass is 9.71. The molecule has 2 aromatic carbocycles. The van der Waals surface area contributed by atoms with Crippen molar-refractivity contribution in [2.24, 2.45) is 5.41 Å². The Kier molecular flexibility index (Phi) is 10.5. The fourth-order valence-electron chi connectivity index (χ4n) is 9.62. The maximum Gasteiger partial charge on any atom is 0.282 e. The van der Waals surface area contributed by atoms with Gasteiger partial charge in [0.2, 0.25) is 22.0 Å². The number of nitriles is 1. The molecule has 1 saturated carbocycles. The van der Waals surface area contributed by atoms with Crippen molar-refractivity contribution in [1.82, 2.24) is 30.6 Å². The standard InChI is InChI=1S/C41H43ClFN9O6S/c42-30-17-27(4-1-23(30)20-44)58-26-5-2-24(3-6-26)45-36(55)37-47-48-40(59-37)50-13-9-25(10-14-50)49-15-11-41(12-16-49)21-51(22-41)33-19-29-28(18-31(33)43)38(56)52(39(29)57)32-7-8-34(53)46-35(32)54/h1,4,17-19,24-26,32H,2-3,5-16,21-22H2,(H,45,55)(H,46,53,54). The summed E-state index contributed by atoms with van der Waals surface area (Å²) < 4.78 is 21.5. The summed E-state index contributed by atoms with van der Waals surface area (Å²) in [4.78, 5) is 71.2. The lowest BCUT2D eigenvalue weighted by Gasteiger charge is -2.56. The number of piperidine rings is 3. The first kappa shape index (κ1) is 39.3. The molecule has 1 aliphatic carbocycles. The Morgan fingerprint density at radius 2 is 1.64 bits per heavy atom. The van der Waals surface area contributed by atoms with Crippen LogP contribution in [-0.4, -0.2) is 113 Å². The third-order valence-electron chi connectivity index (χ3n) is 13.0. The second-order valence-electron chi connectivity index (χ2n) is 16.6. The molecule has 3 aromatic rings. The van der Waals surface area contributed by atoms with Crippen molar-refractivity contribution in [3.8, 4) is 11.8 Å². The first-order valence-electron chi connectivity index (χ1n) is 20.3. The minimum absolute atomic E-state index is 0.0120. The van der Waals surface area contributed by atoms with Gasteiger partial charge in [-0.1, -0.05) is 22.9 Å². The van der Waals surface area contributed by atoms with Gasteiger partial charge in [-0.25, -0.2) is 4.39 Å². The number of ether oxygens (including phenoxy) is 1. The van der Waals surface area contributed by atoms with Gasteiger partial charge in [-0.3, -0.25) is 34.2 Å². The van der Waals surface area contributed by atoms with E-state index in [1.165, 1.54) is 17.4 Å². The minimum Gasteiger partial charge on any atom is -0.490 e. The van der Waals surface area contributed by atoms with Crippen molar-refractivity contribution in [2.75, 3.05) is 49.1 Å². The number of amides is 5. The molecule has 5 amide bonds. The number of rotatable bonds is 8. The normalized spacial score (nSPS) is 24.8. The summed E-state index contributed by atoms with van der Waals surface area (Å²) in [6.45, 7) is 4.85. The first-order chi connectivity index (χ1) is 28.5. The number of likely N-dealkylation sites (tertiary alicyclic amines) is 1. The highest BCUT2D eigenvalue weighted by Gasteiger charge is 2.49. The van der Waals surface area contributed by atoms with Crippen LogP contribution >= 0.6 is 22.9 Å². The number of fused-ring (bicyclic) bond motifs is 1. The van der Waals surface area contributed by atoms with Crippen molar-refractivity contribution in [3.63, 3.8) is 0 Å². The van der Waals surface area contributed by atoms with Crippen molar-refractivity contribution in [3.05, 3.63) is 62.9 Å². The third-order valence-corrected chi connectivity index (χ3v) is 14.3. The Morgan fingerprint density at radius 1 is 0.932 bits per heavy atom. The number of benzene rings is 2. The predicted octanol–water partition coefficient (Wildman–Crippen LogP) is 4.29. The molecule has 308 valence electrons. The molecule has 5 fully saturated rings. The highest BCUT2D eigenvalue weighted by molar-refractivity contribution is 7.17. The van der Waals surface area contributed by atoms with E-state index in [2.05, 4.69) is 30.6 Å². The lowest BCUT2D eigenvalue weighted by Crippen LogP contribution is -2.62. The highest BCUT2D eigenvalue weighted by atomic mass is 35.5. The van der Waals surface area contributed by atoms with Gasteiger partial charge < -0.3 is 24.8 Å². The van der Waals surface area contributed by atoms with Crippen molar-refractivity contribution in [1.29, 1.82) is 5.26 Å². The molecule has 6 aliphatic rings. The quantitative estimate of drug-likeness (QED) is 0.308. The summed E-state index contributed by atoms with van der Waals surface area (Å²) in [5.74, 6) is -2.65. The Hall–Kier alpha value is -5.18. The van der Waals surface area contributed by atoms with Crippen LogP contribution < -0.4 is 25.2 Å². The molecule has 0 radical (unpaired) electrons. The van der Waals surface area contributed by atoms with Crippen LogP contribution in [0.3, 0.4) is 0 Å². The number of imide groups is 2. The summed E-state index contributed by atoms with van der Waals surface area (Å²) in [7, 11) is 0. The van der Waals surface area contributed by atoms with E-state index in [1.54, 1.807) is 18.2 Å². The zero-order valence-electron chi connectivity index (χ0n) is 32.3. The van der Waals surface area contributed by atoms with Crippen LogP contribution in [0.5, 0.6) is 5.75 Å². The Labute approximate surface area is 348 Å². The maximum atomic E-state index is 15.5.